The predicted molar refractivity (Wildman–Crippen MR) is 62.4 cm³/mol. The molecule has 2 aromatic rings. The van der Waals surface area contributed by atoms with Crippen molar-refractivity contribution in [3.8, 4) is 11.1 Å². The fourth-order valence-corrected chi connectivity index (χ4v) is 1.63. The summed E-state index contributed by atoms with van der Waals surface area (Å²) in [6.07, 6.45) is 2.40. The number of hydrogen-bond donors (Lipinski definition) is 1. The van der Waals surface area contributed by atoms with Gasteiger partial charge in [0.1, 0.15) is 5.82 Å². The van der Waals surface area contributed by atoms with Gasteiger partial charge in [-0.3, -0.25) is 4.98 Å². The van der Waals surface area contributed by atoms with Gasteiger partial charge in [-0.1, -0.05) is 18.2 Å². The van der Waals surface area contributed by atoms with E-state index in [1.165, 1.54) is 6.07 Å². The Balaban J connectivity index is 2.40. The number of rotatable bonds is 3. The third-order valence-electron chi connectivity index (χ3n) is 2.40. The van der Waals surface area contributed by atoms with Crippen LogP contribution in [0.25, 0.3) is 11.1 Å². The van der Waals surface area contributed by atoms with Crippen LogP contribution in [0.1, 0.15) is 5.69 Å². The van der Waals surface area contributed by atoms with E-state index in [2.05, 4.69) is 4.98 Å². The number of hydrogen-bond acceptors (Lipinski definition) is 2. The molecule has 0 fully saturated rings. The molecule has 1 heterocycles. The van der Waals surface area contributed by atoms with Gasteiger partial charge in [0.15, 0.2) is 0 Å². The fraction of sp³-hybridized carbons (Fsp3) is 0.154. The monoisotopic (exact) mass is 216 g/mol. The lowest BCUT2D eigenvalue weighted by molar-refractivity contribution is 0.631. The van der Waals surface area contributed by atoms with Gasteiger partial charge >= 0.3 is 0 Å². The summed E-state index contributed by atoms with van der Waals surface area (Å²) in [5.41, 5.74) is 7.80. The number of nitrogens with two attached hydrogens (primary N) is 1. The molecule has 0 amide bonds. The van der Waals surface area contributed by atoms with Crippen LogP contribution in [-0.4, -0.2) is 11.5 Å². The largest absolute Gasteiger partial charge is 0.330 e. The first-order valence-corrected chi connectivity index (χ1v) is 5.21. The van der Waals surface area contributed by atoms with Gasteiger partial charge in [-0.25, -0.2) is 4.39 Å². The zero-order valence-electron chi connectivity index (χ0n) is 8.86. The van der Waals surface area contributed by atoms with Gasteiger partial charge in [-0.05, 0) is 30.3 Å². The summed E-state index contributed by atoms with van der Waals surface area (Å²) in [5.74, 6) is -0.215. The van der Waals surface area contributed by atoms with Gasteiger partial charge in [0, 0.05) is 23.9 Å². The summed E-state index contributed by atoms with van der Waals surface area (Å²) in [6.45, 7) is 0.549. The van der Waals surface area contributed by atoms with Gasteiger partial charge in [0.2, 0.25) is 0 Å². The zero-order chi connectivity index (χ0) is 11.4. The highest BCUT2D eigenvalue weighted by Gasteiger charge is 2.04. The van der Waals surface area contributed by atoms with Crippen LogP contribution in [0.2, 0.25) is 0 Å². The van der Waals surface area contributed by atoms with Crippen LogP contribution in [0.3, 0.4) is 0 Å². The summed E-state index contributed by atoms with van der Waals surface area (Å²) < 4.78 is 13.5. The highest BCUT2D eigenvalue weighted by atomic mass is 19.1. The molecule has 0 atom stereocenters. The Hall–Kier alpha value is -1.74. The minimum Gasteiger partial charge on any atom is -0.330 e. The lowest BCUT2D eigenvalue weighted by atomic mass is 10.1. The van der Waals surface area contributed by atoms with Crippen LogP contribution in [-0.2, 0) is 6.42 Å². The Bertz CT molecular complexity index is 483. The summed E-state index contributed by atoms with van der Waals surface area (Å²) in [5, 5.41) is 0. The van der Waals surface area contributed by atoms with Gasteiger partial charge < -0.3 is 5.73 Å². The third kappa shape index (κ3) is 2.25. The molecule has 1 aromatic heterocycles. The minimum atomic E-state index is -0.215. The van der Waals surface area contributed by atoms with Crippen LogP contribution in [0, 0.1) is 5.82 Å². The molecule has 2 nitrogen and oxygen atoms in total. The van der Waals surface area contributed by atoms with E-state index >= 15 is 0 Å². The summed E-state index contributed by atoms with van der Waals surface area (Å²) >= 11 is 0. The Kier molecular flexibility index (Phi) is 3.27. The second kappa shape index (κ2) is 4.86. The number of benzene rings is 1. The Morgan fingerprint density at radius 3 is 2.75 bits per heavy atom. The first-order valence-electron chi connectivity index (χ1n) is 5.21. The molecule has 0 saturated heterocycles. The van der Waals surface area contributed by atoms with Crippen LogP contribution >= 0.6 is 0 Å². The van der Waals surface area contributed by atoms with Crippen molar-refractivity contribution < 1.29 is 4.39 Å². The molecule has 0 saturated carbocycles. The number of nitrogens with zero attached hydrogens (tertiary/aromatic N) is 1. The average molecular weight is 216 g/mol. The van der Waals surface area contributed by atoms with Crippen molar-refractivity contribution in [1.82, 2.24) is 4.98 Å². The van der Waals surface area contributed by atoms with Gasteiger partial charge in [-0.2, -0.15) is 0 Å². The maximum absolute atomic E-state index is 13.5. The van der Waals surface area contributed by atoms with Crippen molar-refractivity contribution in [2.75, 3.05) is 6.54 Å². The van der Waals surface area contributed by atoms with Gasteiger partial charge in [0.05, 0.1) is 0 Å². The Morgan fingerprint density at radius 2 is 2.00 bits per heavy atom. The van der Waals surface area contributed by atoms with Crippen molar-refractivity contribution in [3.05, 3.63) is 54.1 Å². The van der Waals surface area contributed by atoms with E-state index in [1.54, 1.807) is 24.4 Å². The Morgan fingerprint density at radius 1 is 1.19 bits per heavy atom. The molecule has 0 aliphatic rings. The smallest absolute Gasteiger partial charge is 0.131 e. The van der Waals surface area contributed by atoms with Gasteiger partial charge in [0.25, 0.3) is 0 Å². The SMILES string of the molecule is NCCc1cc(-c2ccccc2F)ccn1. The molecular weight excluding hydrogens is 203 g/mol. The van der Waals surface area contributed by atoms with Crippen molar-refractivity contribution in [2.45, 2.75) is 6.42 Å². The maximum Gasteiger partial charge on any atom is 0.131 e. The molecule has 0 radical (unpaired) electrons. The zero-order valence-corrected chi connectivity index (χ0v) is 8.86. The molecule has 16 heavy (non-hydrogen) atoms. The van der Waals surface area contributed by atoms with Gasteiger partial charge in [-0.15, -0.1) is 0 Å². The highest BCUT2D eigenvalue weighted by Crippen LogP contribution is 2.22. The quantitative estimate of drug-likeness (QED) is 0.855. The van der Waals surface area contributed by atoms with Crippen LogP contribution in [0.4, 0.5) is 4.39 Å². The third-order valence-corrected chi connectivity index (χ3v) is 2.40. The van der Waals surface area contributed by atoms with E-state index < -0.39 is 0 Å². The summed E-state index contributed by atoms with van der Waals surface area (Å²) in [7, 11) is 0. The molecule has 0 aliphatic heterocycles. The standard InChI is InChI=1S/C13H13FN2/c14-13-4-2-1-3-12(13)10-6-8-16-11(9-10)5-7-15/h1-4,6,8-9H,5,7,15H2. The number of pyridine rings is 1. The number of aromatic nitrogens is 1. The predicted octanol–water partition coefficient (Wildman–Crippen LogP) is 2.39. The maximum atomic E-state index is 13.5. The number of halogens is 1. The molecule has 0 spiro atoms. The fourth-order valence-electron chi connectivity index (χ4n) is 1.63. The molecule has 2 rings (SSSR count). The van der Waals surface area contributed by atoms with E-state index in [0.717, 1.165) is 11.3 Å². The second-order valence-electron chi connectivity index (χ2n) is 3.55. The first kappa shape index (κ1) is 10.8. The van der Waals surface area contributed by atoms with Crippen LogP contribution in [0.5, 0.6) is 0 Å². The molecule has 82 valence electrons. The minimum absolute atomic E-state index is 0.215. The van der Waals surface area contributed by atoms with Crippen molar-refractivity contribution in [1.29, 1.82) is 0 Å². The lowest BCUT2D eigenvalue weighted by Crippen LogP contribution is -2.04. The molecule has 0 aliphatic carbocycles. The first-order chi connectivity index (χ1) is 7.81. The van der Waals surface area contributed by atoms with E-state index in [4.69, 9.17) is 5.73 Å². The van der Waals surface area contributed by atoms with E-state index in [9.17, 15) is 4.39 Å². The molecule has 0 bridgehead atoms. The molecule has 2 N–H and O–H groups in total. The summed E-state index contributed by atoms with van der Waals surface area (Å²) in [4.78, 5) is 4.18. The lowest BCUT2D eigenvalue weighted by Gasteiger charge is -2.05. The Labute approximate surface area is 93.9 Å². The van der Waals surface area contributed by atoms with Crippen molar-refractivity contribution >= 4 is 0 Å². The summed E-state index contributed by atoms with van der Waals surface area (Å²) in [6, 6.07) is 10.4. The molecular formula is C13H13FN2. The molecule has 1 aromatic carbocycles. The van der Waals surface area contributed by atoms with Crippen molar-refractivity contribution in [2.24, 2.45) is 5.73 Å². The molecule has 3 heteroatoms. The van der Waals surface area contributed by atoms with Crippen molar-refractivity contribution in [3.63, 3.8) is 0 Å². The van der Waals surface area contributed by atoms with E-state index in [0.29, 0.717) is 18.5 Å². The van der Waals surface area contributed by atoms with E-state index in [-0.39, 0.29) is 5.82 Å². The highest BCUT2D eigenvalue weighted by molar-refractivity contribution is 5.63. The van der Waals surface area contributed by atoms with E-state index in [1.807, 2.05) is 12.1 Å². The van der Waals surface area contributed by atoms with Crippen LogP contribution < -0.4 is 5.73 Å². The molecule has 0 unspecified atom stereocenters. The van der Waals surface area contributed by atoms with Crippen LogP contribution in [0.15, 0.2) is 42.6 Å². The second-order valence-corrected chi connectivity index (χ2v) is 3.55. The average Bonchev–Trinajstić information content (AvgIpc) is 2.30. The normalized spacial score (nSPS) is 10.4. The topological polar surface area (TPSA) is 38.9 Å².